The predicted molar refractivity (Wildman–Crippen MR) is 128 cm³/mol. The molecule has 1 heteroatoms. The minimum Gasteiger partial charge on any atom is -0.289 e. The highest BCUT2D eigenvalue weighted by atomic mass is 16.1. The van der Waals surface area contributed by atoms with Crippen LogP contribution in [0.4, 0.5) is 0 Å². The summed E-state index contributed by atoms with van der Waals surface area (Å²) >= 11 is 0. The van der Waals surface area contributed by atoms with Crippen molar-refractivity contribution in [3.8, 4) is 0 Å². The van der Waals surface area contributed by atoms with Crippen molar-refractivity contribution in [2.24, 2.45) is 0 Å². The van der Waals surface area contributed by atoms with Crippen LogP contribution in [0.25, 0.3) is 16.8 Å². The number of fused-ring (bicyclic) bond motifs is 2. The highest BCUT2D eigenvalue weighted by Crippen LogP contribution is 2.46. The van der Waals surface area contributed by atoms with Crippen LogP contribution in [0.2, 0.25) is 0 Å². The molecule has 0 fully saturated rings. The standard InChI is InChI=1S/C29H32O/c1-6-20-18-25-26(29(4,5)17-16-28(25,2)3)19-24(20)27(30)15-14-22-12-9-11-21-10-7-8-13-23(21)22/h7-15,18-19H,6,16-17H2,1-5H3/b15-14+. The van der Waals surface area contributed by atoms with Gasteiger partial charge in [0.25, 0.3) is 0 Å². The molecular formula is C29H32O. The number of benzene rings is 3. The third-order valence-corrected chi connectivity index (χ3v) is 6.96. The van der Waals surface area contributed by atoms with Crippen molar-refractivity contribution >= 4 is 22.6 Å². The maximum Gasteiger partial charge on any atom is 0.186 e. The lowest BCUT2D eigenvalue weighted by Crippen LogP contribution is -2.34. The molecule has 0 radical (unpaired) electrons. The van der Waals surface area contributed by atoms with Crippen LogP contribution in [-0.4, -0.2) is 5.78 Å². The molecule has 1 aliphatic rings. The molecule has 0 spiro atoms. The molecule has 30 heavy (non-hydrogen) atoms. The fraction of sp³-hybridized carbons (Fsp3) is 0.345. The summed E-state index contributed by atoms with van der Waals surface area (Å²) in [4.78, 5) is 13.3. The van der Waals surface area contributed by atoms with Gasteiger partial charge in [-0.3, -0.25) is 4.79 Å². The first-order valence-electron chi connectivity index (χ1n) is 11.1. The molecule has 0 aliphatic heterocycles. The van der Waals surface area contributed by atoms with Gasteiger partial charge < -0.3 is 0 Å². The number of hydrogen-bond donors (Lipinski definition) is 0. The van der Waals surface area contributed by atoms with Gasteiger partial charge >= 0.3 is 0 Å². The molecule has 0 atom stereocenters. The summed E-state index contributed by atoms with van der Waals surface area (Å²) in [6.07, 6.45) is 6.93. The predicted octanol–water partition coefficient (Wildman–Crippen LogP) is 7.65. The number of hydrogen-bond acceptors (Lipinski definition) is 1. The normalized spacial score (nSPS) is 17.2. The molecule has 0 unspecified atom stereocenters. The van der Waals surface area contributed by atoms with Crippen molar-refractivity contribution in [2.75, 3.05) is 0 Å². The van der Waals surface area contributed by atoms with E-state index >= 15 is 0 Å². The molecule has 0 amide bonds. The van der Waals surface area contributed by atoms with E-state index in [1.54, 1.807) is 6.08 Å². The first kappa shape index (κ1) is 20.6. The summed E-state index contributed by atoms with van der Waals surface area (Å²) in [5.41, 5.74) is 6.13. The van der Waals surface area contributed by atoms with E-state index in [2.05, 4.69) is 71.0 Å². The third kappa shape index (κ3) is 3.62. The van der Waals surface area contributed by atoms with Crippen LogP contribution in [-0.2, 0) is 17.3 Å². The molecule has 3 aromatic rings. The topological polar surface area (TPSA) is 17.1 Å². The highest BCUT2D eigenvalue weighted by molar-refractivity contribution is 6.09. The van der Waals surface area contributed by atoms with Crippen molar-refractivity contribution in [1.82, 2.24) is 0 Å². The Balaban J connectivity index is 1.76. The number of ketones is 1. The smallest absolute Gasteiger partial charge is 0.186 e. The second-order valence-electron chi connectivity index (χ2n) is 9.94. The van der Waals surface area contributed by atoms with Gasteiger partial charge in [0.05, 0.1) is 0 Å². The Bertz CT molecular complexity index is 1140. The Hall–Kier alpha value is -2.67. The molecule has 0 aromatic heterocycles. The van der Waals surface area contributed by atoms with Crippen LogP contribution in [0.1, 0.15) is 80.1 Å². The van der Waals surface area contributed by atoms with Crippen LogP contribution in [0, 0.1) is 0 Å². The zero-order chi connectivity index (χ0) is 21.5. The third-order valence-electron chi connectivity index (χ3n) is 6.96. The minimum absolute atomic E-state index is 0.0989. The summed E-state index contributed by atoms with van der Waals surface area (Å²) < 4.78 is 0. The van der Waals surface area contributed by atoms with Crippen LogP contribution < -0.4 is 0 Å². The summed E-state index contributed by atoms with van der Waals surface area (Å²) in [6.45, 7) is 11.4. The first-order valence-corrected chi connectivity index (χ1v) is 11.1. The fourth-order valence-electron chi connectivity index (χ4n) is 4.83. The van der Waals surface area contributed by atoms with Gasteiger partial charge in [-0.15, -0.1) is 0 Å². The quantitative estimate of drug-likeness (QED) is 0.327. The monoisotopic (exact) mass is 396 g/mol. The van der Waals surface area contributed by atoms with E-state index in [1.165, 1.54) is 28.3 Å². The second-order valence-corrected chi connectivity index (χ2v) is 9.94. The summed E-state index contributed by atoms with van der Waals surface area (Å²) in [7, 11) is 0. The Labute approximate surface area is 180 Å². The molecule has 3 aromatic carbocycles. The largest absolute Gasteiger partial charge is 0.289 e. The number of carbonyl (C=O) groups excluding carboxylic acids is 1. The number of allylic oxidation sites excluding steroid dienone is 1. The molecular weight excluding hydrogens is 364 g/mol. The minimum atomic E-state index is 0.0989. The number of carbonyl (C=O) groups is 1. The lowest BCUT2D eigenvalue weighted by molar-refractivity contribution is 0.104. The highest BCUT2D eigenvalue weighted by Gasteiger charge is 2.37. The molecule has 1 nitrogen and oxygen atoms in total. The van der Waals surface area contributed by atoms with Gasteiger partial charge in [0, 0.05) is 5.56 Å². The van der Waals surface area contributed by atoms with Crippen molar-refractivity contribution in [3.05, 3.63) is 88.5 Å². The molecule has 0 bridgehead atoms. The Morgan fingerprint density at radius 1 is 0.900 bits per heavy atom. The van der Waals surface area contributed by atoms with Gasteiger partial charge in [0.2, 0.25) is 0 Å². The van der Waals surface area contributed by atoms with E-state index in [0.717, 1.165) is 29.5 Å². The second kappa shape index (κ2) is 7.54. The average molecular weight is 397 g/mol. The molecule has 1 aliphatic carbocycles. The maximum absolute atomic E-state index is 13.3. The van der Waals surface area contributed by atoms with Gasteiger partial charge in [0.1, 0.15) is 0 Å². The van der Waals surface area contributed by atoms with E-state index in [0.29, 0.717) is 0 Å². The van der Waals surface area contributed by atoms with E-state index < -0.39 is 0 Å². The average Bonchev–Trinajstić information content (AvgIpc) is 2.74. The molecule has 4 rings (SSSR count). The van der Waals surface area contributed by atoms with Crippen LogP contribution in [0.5, 0.6) is 0 Å². The zero-order valence-corrected chi connectivity index (χ0v) is 18.9. The van der Waals surface area contributed by atoms with Gasteiger partial charge in [0.15, 0.2) is 5.78 Å². The van der Waals surface area contributed by atoms with Crippen molar-refractivity contribution in [1.29, 1.82) is 0 Å². The van der Waals surface area contributed by atoms with E-state index in [9.17, 15) is 4.79 Å². The van der Waals surface area contributed by atoms with Crippen LogP contribution in [0.3, 0.4) is 0 Å². The van der Waals surface area contributed by atoms with Crippen LogP contribution in [0.15, 0.2) is 60.7 Å². The maximum atomic E-state index is 13.3. The Kier molecular flexibility index (Phi) is 5.18. The van der Waals surface area contributed by atoms with Crippen molar-refractivity contribution in [3.63, 3.8) is 0 Å². The Morgan fingerprint density at radius 3 is 2.23 bits per heavy atom. The van der Waals surface area contributed by atoms with Crippen molar-refractivity contribution < 1.29 is 4.79 Å². The summed E-state index contributed by atoms with van der Waals surface area (Å²) in [6, 6.07) is 19.1. The Morgan fingerprint density at radius 2 is 1.53 bits per heavy atom. The van der Waals surface area contributed by atoms with E-state index in [-0.39, 0.29) is 16.6 Å². The van der Waals surface area contributed by atoms with Gasteiger partial charge in [-0.2, -0.15) is 0 Å². The summed E-state index contributed by atoms with van der Waals surface area (Å²) in [5, 5.41) is 2.37. The van der Waals surface area contributed by atoms with Gasteiger partial charge in [-0.25, -0.2) is 0 Å². The lowest BCUT2D eigenvalue weighted by Gasteiger charge is -2.42. The first-order chi connectivity index (χ1) is 14.2. The molecule has 0 heterocycles. The zero-order valence-electron chi connectivity index (χ0n) is 18.9. The lowest BCUT2D eigenvalue weighted by atomic mass is 9.62. The fourth-order valence-corrected chi connectivity index (χ4v) is 4.83. The molecule has 0 N–H and O–H groups in total. The van der Waals surface area contributed by atoms with Crippen molar-refractivity contribution in [2.45, 2.75) is 64.7 Å². The summed E-state index contributed by atoms with van der Waals surface area (Å²) in [5.74, 6) is 0.0989. The molecule has 0 saturated carbocycles. The molecule has 0 saturated heterocycles. The van der Waals surface area contributed by atoms with E-state index in [4.69, 9.17) is 0 Å². The molecule has 154 valence electrons. The number of aryl methyl sites for hydroxylation is 1. The van der Waals surface area contributed by atoms with Gasteiger partial charge in [-0.05, 0) is 75.3 Å². The SMILES string of the molecule is CCc1cc2c(cc1C(=O)/C=C/c1cccc3ccccc13)C(C)(C)CCC2(C)C. The van der Waals surface area contributed by atoms with E-state index in [1.807, 2.05) is 24.3 Å². The number of rotatable bonds is 4. The van der Waals surface area contributed by atoms with Crippen LogP contribution >= 0.6 is 0 Å². The van der Waals surface area contributed by atoms with Gasteiger partial charge in [-0.1, -0.05) is 89.2 Å².